The summed E-state index contributed by atoms with van der Waals surface area (Å²) in [6.07, 6.45) is 4.61. The number of benzene rings is 2. The lowest BCUT2D eigenvalue weighted by atomic mass is 10.1. The molecule has 0 aliphatic carbocycles. The molecule has 0 aliphatic rings. The summed E-state index contributed by atoms with van der Waals surface area (Å²) in [7, 11) is 1.60. The Labute approximate surface area is 205 Å². The molecule has 0 radical (unpaired) electrons. The highest BCUT2D eigenvalue weighted by Crippen LogP contribution is 2.27. The van der Waals surface area contributed by atoms with Crippen molar-refractivity contribution < 1.29 is 18.8 Å². The van der Waals surface area contributed by atoms with Crippen LogP contribution in [0.15, 0.2) is 59.9 Å². The number of hydrogen-bond acceptors (Lipinski definition) is 6. The number of nitrogens with one attached hydrogen (secondary N) is 1. The van der Waals surface area contributed by atoms with E-state index >= 15 is 0 Å². The highest BCUT2D eigenvalue weighted by atomic mass is 35.5. The van der Waals surface area contributed by atoms with Gasteiger partial charge in [0.2, 0.25) is 0 Å². The van der Waals surface area contributed by atoms with Crippen LogP contribution in [0.4, 0.5) is 0 Å². The Morgan fingerprint density at radius 2 is 2.03 bits per heavy atom. The number of nitrogens with zero attached hydrogens (tertiary/aromatic N) is 2. The zero-order valence-corrected chi connectivity index (χ0v) is 20.4. The molecule has 2 aromatic carbocycles. The van der Waals surface area contributed by atoms with Crippen LogP contribution >= 0.6 is 11.6 Å². The van der Waals surface area contributed by atoms with Crippen molar-refractivity contribution in [2.24, 2.45) is 0 Å². The van der Waals surface area contributed by atoms with Gasteiger partial charge in [0.1, 0.15) is 11.5 Å². The third-order valence-electron chi connectivity index (χ3n) is 5.19. The number of carbonyl (C=O) groups is 1. The fourth-order valence-electron chi connectivity index (χ4n) is 3.46. The van der Waals surface area contributed by atoms with Crippen molar-refractivity contribution in [3.63, 3.8) is 0 Å². The van der Waals surface area contributed by atoms with E-state index in [9.17, 15) is 9.35 Å². The maximum absolute atomic E-state index is 13.0. The fraction of sp³-hybridized carbons (Fsp3) is 0.160. The van der Waals surface area contributed by atoms with E-state index < -0.39 is 17.1 Å². The molecule has 1 atom stereocenters. The molecular formula is C25H22ClN3O4S. The Balaban J connectivity index is 1.48. The average molecular weight is 496 g/mol. The minimum atomic E-state index is -1.45. The van der Waals surface area contributed by atoms with Gasteiger partial charge in [-0.25, -0.2) is 4.79 Å². The summed E-state index contributed by atoms with van der Waals surface area (Å²) >= 11 is 4.64. The van der Waals surface area contributed by atoms with Crippen molar-refractivity contribution in [2.45, 2.75) is 24.8 Å². The molecule has 7 nitrogen and oxygen atoms in total. The monoisotopic (exact) mass is 495 g/mol. The maximum Gasteiger partial charge on any atom is 0.336 e. The van der Waals surface area contributed by atoms with E-state index in [1.54, 1.807) is 49.7 Å². The zero-order valence-electron chi connectivity index (χ0n) is 18.8. The number of esters is 1. The summed E-state index contributed by atoms with van der Waals surface area (Å²) in [5, 5.41) is 0.859. The van der Waals surface area contributed by atoms with Crippen LogP contribution in [-0.4, -0.2) is 32.6 Å². The normalized spacial score (nSPS) is 12.3. The predicted octanol–water partition coefficient (Wildman–Crippen LogP) is 5.16. The van der Waals surface area contributed by atoms with E-state index in [0.29, 0.717) is 38.2 Å². The van der Waals surface area contributed by atoms with Crippen LogP contribution in [-0.2, 0) is 21.7 Å². The van der Waals surface area contributed by atoms with Gasteiger partial charge in [0.05, 0.1) is 23.8 Å². The van der Waals surface area contributed by atoms with E-state index in [2.05, 4.69) is 15.0 Å². The second-order valence-corrected chi connectivity index (χ2v) is 9.31. The summed E-state index contributed by atoms with van der Waals surface area (Å²) < 4.78 is 23.8. The van der Waals surface area contributed by atoms with Crippen LogP contribution in [0.3, 0.4) is 0 Å². The van der Waals surface area contributed by atoms with E-state index in [4.69, 9.17) is 21.1 Å². The molecule has 0 amide bonds. The van der Waals surface area contributed by atoms with Gasteiger partial charge in [0.15, 0.2) is 5.75 Å². The zero-order chi connectivity index (χ0) is 24.2. The molecule has 4 aromatic rings. The number of H-pyrrole nitrogens is 1. The first-order chi connectivity index (χ1) is 16.4. The molecule has 174 valence electrons. The number of pyridine rings is 1. The molecular weight excluding hydrogens is 474 g/mol. The summed E-state index contributed by atoms with van der Waals surface area (Å²) in [5.74, 6) is 0.706. The molecule has 9 heteroatoms. The van der Waals surface area contributed by atoms with Crippen LogP contribution in [0.25, 0.3) is 17.1 Å². The quantitative estimate of drug-likeness (QED) is 0.164. The van der Waals surface area contributed by atoms with Crippen molar-refractivity contribution in [1.82, 2.24) is 15.0 Å². The number of aryl methyl sites for hydroxylation is 1. The van der Waals surface area contributed by atoms with E-state index in [-0.39, 0.29) is 5.75 Å². The third kappa shape index (κ3) is 5.25. The van der Waals surface area contributed by atoms with E-state index in [1.807, 2.05) is 26.0 Å². The average Bonchev–Trinajstić information content (AvgIpc) is 3.24. The SMILES string of the molecule is COc1c(C)cnc(C[S+]([O-])c2nc3cc(OC(=O)/C=C/c4ccccc4Cl)ccc3[nH]2)c1C. The first-order valence-electron chi connectivity index (χ1n) is 10.4. The molecule has 1 unspecified atom stereocenters. The summed E-state index contributed by atoms with van der Waals surface area (Å²) in [4.78, 5) is 24.1. The number of aromatic nitrogens is 3. The number of methoxy groups -OCH3 is 1. The minimum absolute atomic E-state index is 0.191. The van der Waals surface area contributed by atoms with Crippen LogP contribution in [0.5, 0.6) is 11.5 Å². The lowest BCUT2D eigenvalue weighted by molar-refractivity contribution is -0.128. The predicted molar refractivity (Wildman–Crippen MR) is 133 cm³/mol. The highest BCUT2D eigenvalue weighted by Gasteiger charge is 2.21. The van der Waals surface area contributed by atoms with Gasteiger partial charge in [0.25, 0.3) is 0 Å². The number of imidazole rings is 1. The second-order valence-electron chi connectivity index (χ2n) is 7.53. The van der Waals surface area contributed by atoms with Crippen LogP contribution in [0, 0.1) is 13.8 Å². The van der Waals surface area contributed by atoms with Gasteiger partial charge < -0.3 is 14.0 Å². The summed E-state index contributed by atoms with van der Waals surface area (Å²) in [6.45, 7) is 3.81. The van der Waals surface area contributed by atoms with Gasteiger partial charge in [-0.05, 0) is 43.7 Å². The number of aromatic amines is 1. The van der Waals surface area contributed by atoms with Crippen molar-refractivity contribution in [3.8, 4) is 11.5 Å². The number of halogens is 1. The topological polar surface area (TPSA) is 100 Å². The molecule has 0 saturated heterocycles. The number of carbonyl (C=O) groups excluding carboxylic acids is 1. The second kappa shape index (κ2) is 10.3. The fourth-order valence-corrected chi connectivity index (χ4v) is 4.76. The molecule has 0 saturated carbocycles. The molecule has 1 N–H and O–H groups in total. The lowest BCUT2D eigenvalue weighted by Crippen LogP contribution is -2.10. The molecule has 0 bridgehead atoms. The van der Waals surface area contributed by atoms with Crippen LogP contribution in [0.2, 0.25) is 5.02 Å². The van der Waals surface area contributed by atoms with Gasteiger partial charge in [-0.2, -0.15) is 4.98 Å². The lowest BCUT2D eigenvalue weighted by Gasteiger charge is -2.13. The first-order valence-corrected chi connectivity index (χ1v) is 12.1. The Morgan fingerprint density at radius 3 is 2.79 bits per heavy atom. The van der Waals surface area contributed by atoms with Gasteiger partial charge in [-0.1, -0.05) is 29.8 Å². The van der Waals surface area contributed by atoms with Crippen molar-refractivity contribution in [1.29, 1.82) is 0 Å². The first kappa shape index (κ1) is 23.8. The van der Waals surface area contributed by atoms with Crippen LogP contribution in [0.1, 0.15) is 22.4 Å². The minimum Gasteiger partial charge on any atom is -0.609 e. The van der Waals surface area contributed by atoms with Gasteiger partial charge >= 0.3 is 11.1 Å². The Kier molecular flexibility index (Phi) is 7.21. The number of ether oxygens (including phenoxy) is 2. The summed E-state index contributed by atoms with van der Waals surface area (Å²) in [5.41, 5.74) is 4.39. The van der Waals surface area contributed by atoms with E-state index in [0.717, 1.165) is 16.9 Å². The Hall–Kier alpha value is -3.33. The molecule has 0 aliphatic heterocycles. The van der Waals surface area contributed by atoms with Gasteiger partial charge in [0, 0.05) is 45.7 Å². The van der Waals surface area contributed by atoms with E-state index in [1.165, 1.54) is 6.08 Å². The maximum atomic E-state index is 13.0. The smallest absolute Gasteiger partial charge is 0.336 e. The molecule has 34 heavy (non-hydrogen) atoms. The molecule has 0 spiro atoms. The largest absolute Gasteiger partial charge is 0.609 e. The van der Waals surface area contributed by atoms with Gasteiger partial charge in [-0.15, -0.1) is 0 Å². The Morgan fingerprint density at radius 1 is 1.24 bits per heavy atom. The standard InChI is InChI=1S/C25H22ClN3O4S/c1-15-13-27-22(16(2)24(15)32-3)14-34(31)25-28-20-10-9-18(12-21(20)29-25)33-23(30)11-8-17-6-4-5-7-19(17)26/h4-13H,14H2,1-3H3,(H,28,29)/b11-8+. The number of rotatable bonds is 7. The van der Waals surface area contributed by atoms with Crippen molar-refractivity contribution in [3.05, 3.63) is 82.1 Å². The molecule has 4 rings (SSSR count). The Bertz CT molecular complexity index is 1390. The molecule has 2 heterocycles. The summed E-state index contributed by atoms with van der Waals surface area (Å²) in [6, 6.07) is 12.2. The van der Waals surface area contributed by atoms with Crippen molar-refractivity contribution >= 4 is 45.9 Å². The molecule has 2 aromatic heterocycles. The van der Waals surface area contributed by atoms with Gasteiger partial charge in [-0.3, -0.25) is 9.97 Å². The number of fused-ring (bicyclic) bond motifs is 1. The third-order valence-corrected chi connectivity index (χ3v) is 6.69. The van der Waals surface area contributed by atoms with Crippen LogP contribution < -0.4 is 9.47 Å². The molecule has 0 fully saturated rings. The van der Waals surface area contributed by atoms with Crippen molar-refractivity contribution in [2.75, 3.05) is 7.11 Å². The highest BCUT2D eigenvalue weighted by molar-refractivity contribution is 7.90. The number of hydrogen-bond donors (Lipinski definition) is 1.